The molecule has 2 aliphatic rings. The van der Waals surface area contributed by atoms with Gasteiger partial charge in [-0.05, 0) is 43.0 Å². The first-order chi connectivity index (χ1) is 10.8. The van der Waals surface area contributed by atoms with Crippen LogP contribution in [-0.2, 0) is 0 Å². The zero-order chi connectivity index (χ0) is 14.8. The maximum Gasteiger partial charge on any atom is 0.294 e. The van der Waals surface area contributed by atoms with Crippen LogP contribution in [0.4, 0.5) is 0 Å². The van der Waals surface area contributed by atoms with E-state index in [-0.39, 0.29) is 0 Å². The molecule has 0 radical (unpaired) electrons. The lowest BCUT2D eigenvalue weighted by atomic mass is 9.99. The van der Waals surface area contributed by atoms with Gasteiger partial charge in [-0.1, -0.05) is 36.4 Å². The molecule has 22 heavy (non-hydrogen) atoms. The number of imidazole rings is 1. The van der Waals surface area contributed by atoms with Crippen LogP contribution in [0, 0.1) is 13.8 Å². The van der Waals surface area contributed by atoms with Gasteiger partial charge in [0.1, 0.15) is 24.1 Å². The lowest BCUT2D eigenvalue weighted by Gasteiger charge is -2.15. The average Bonchev–Trinajstić information content (AvgIpc) is 3.21. The second-order valence-electron chi connectivity index (χ2n) is 6.64. The summed E-state index contributed by atoms with van der Waals surface area (Å²) in [5, 5.41) is 0. The van der Waals surface area contributed by atoms with Crippen molar-refractivity contribution in [2.24, 2.45) is 0 Å². The minimum absolute atomic E-state index is 0.662. The van der Waals surface area contributed by atoms with Crippen molar-refractivity contribution in [3.63, 3.8) is 0 Å². The summed E-state index contributed by atoms with van der Waals surface area (Å²) >= 11 is 0. The molecule has 1 aromatic heterocycles. The third-order valence-electron chi connectivity index (χ3n) is 5.24. The van der Waals surface area contributed by atoms with Gasteiger partial charge in [-0.2, -0.15) is 4.57 Å². The summed E-state index contributed by atoms with van der Waals surface area (Å²) in [7, 11) is 0. The zero-order valence-corrected chi connectivity index (χ0v) is 13.0. The van der Waals surface area contributed by atoms with Gasteiger partial charge in [0.05, 0.1) is 5.56 Å². The Morgan fingerprint density at radius 3 is 2.59 bits per heavy atom. The van der Waals surface area contributed by atoms with Gasteiger partial charge in [0.15, 0.2) is 0 Å². The highest BCUT2D eigenvalue weighted by Crippen LogP contribution is 2.54. The molecule has 3 aromatic rings. The van der Waals surface area contributed by atoms with E-state index in [0.29, 0.717) is 6.04 Å². The van der Waals surface area contributed by atoms with Gasteiger partial charge < -0.3 is 0 Å². The molecule has 2 aromatic carbocycles. The van der Waals surface area contributed by atoms with Crippen molar-refractivity contribution in [2.75, 3.05) is 0 Å². The van der Waals surface area contributed by atoms with Crippen LogP contribution in [0.1, 0.15) is 35.1 Å². The first kappa shape index (κ1) is 12.2. The fraction of sp³-hybridized carbons (Fsp3) is 0.250. The van der Waals surface area contributed by atoms with Crippen LogP contribution >= 0.6 is 0 Å². The van der Waals surface area contributed by atoms with Crippen molar-refractivity contribution in [1.82, 2.24) is 4.57 Å². The van der Waals surface area contributed by atoms with Crippen molar-refractivity contribution >= 4 is 0 Å². The van der Waals surface area contributed by atoms with E-state index in [0.717, 1.165) is 5.92 Å². The van der Waals surface area contributed by atoms with E-state index in [9.17, 15) is 0 Å². The Bertz CT molecular complexity index is 884. The molecule has 108 valence electrons. The maximum absolute atomic E-state index is 2.48. The van der Waals surface area contributed by atoms with Crippen LogP contribution in [0.2, 0.25) is 0 Å². The average molecular weight is 287 g/mol. The lowest BCUT2D eigenvalue weighted by Crippen LogP contribution is -2.36. The summed E-state index contributed by atoms with van der Waals surface area (Å²) in [5.41, 5.74) is 6.90. The number of aryl methyl sites for hydroxylation is 2. The summed E-state index contributed by atoms with van der Waals surface area (Å²) in [4.78, 5) is 0. The van der Waals surface area contributed by atoms with Crippen molar-refractivity contribution < 1.29 is 4.57 Å². The fourth-order valence-corrected chi connectivity index (χ4v) is 4.15. The number of aromatic nitrogens is 2. The monoisotopic (exact) mass is 287 g/mol. The predicted molar refractivity (Wildman–Crippen MR) is 87.3 cm³/mol. The van der Waals surface area contributed by atoms with E-state index in [2.05, 4.69) is 77.8 Å². The number of rotatable bonds is 1. The maximum atomic E-state index is 2.48. The molecule has 0 saturated heterocycles. The second-order valence-corrected chi connectivity index (χ2v) is 6.64. The lowest BCUT2D eigenvalue weighted by molar-refractivity contribution is -0.691. The molecule has 0 spiro atoms. The van der Waals surface area contributed by atoms with Gasteiger partial charge in [0.2, 0.25) is 0 Å². The molecule has 1 aliphatic heterocycles. The highest BCUT2D eigenvalue weighted by molar-refractivity contribution is 5.65. The van der Waals surface area contributed by atoms with E-state index in [1.54, 1.807) is 0 Å². The highest BCUT2D eigenvalue weighted by atomic mass is 15.2. The van der Waals surface area contributed by atoms with Crippen molar-refractivity contribution in [2.45, 2.75) is 32.2 Å². The van der Waals surface area contributed by atoms with Gasteiger partial charge in [-0.3, -0.25) is 0 Å². The van der Waals surface area contributed by atoms with Gasteiger partial charge in [0, 0.05) is 5.92 Å². The van der Waals surface area contributed by atoms with Gasteiger partial charge >= 0.3 is 0 Å². The molecule has 5 rings (SSSR count). The number of hydrogen-bond donors (Lipinski definition) is 0. The summed E-state index contributed by atoms with van der Waals surface area (Å²) in [6, 6.07) is 16.1. The number of benzene rings is 2. The number of nitrogens with zero attached hydrogens (tertiary/aromatic N) is 2. The molecule has 0 bridgehead atoms. The molecule has 1 aliphatic carbocycles. The number of para-hydroxylation sites is 1. The molecule has 1 fully saturated rings. The Morgan fingerprint density at radius 1 is 1.00 bits per heavy atom. The first-order valence-electron chi connectivity index (χ1n) is 8.04. The minimum atomic E-state index is 0.662. The van der Waals surface area contributed by atoms with Crippen LogP contribution in [-0.4, -0.2) is 4.57 Å². The summed E-state index contributed by atoms with van der Waals surface area (Å²) < 4.78 is 4.87. The standard InChI is InChI=1S/C20H19N2/c1-13-6-5-7-14(2)19(13)22-11-10-21-18-12-17(18)15-8-3-4-9-16(15)20(21)22/h3-11,17-18H,12H2,1-2H3/q+1. The second kappa shape index (κ2) is 4.10. The molecule has 2 heteroatoms. The fourth-order valence-electron chi connectivity index (χ4n) is 4.15. The molecule has 2 unspecified atom stereocenters. The molecule has 0 amide bonds. The molecule has 0 N–H and O–H groups in total. The van der Waals surface area contributed by atoms with Crippen LogP contribution < -0.4 is 4.57 Å². The zero-order valence-electron chi connectivity index (χ0n) is 13.0. The third-order valence-corrected chi connectivity index (χ3v) is 5.24. The Balaban J connectivity index is 1.83. The van der Waals surface area contributed by atoms with Crippen molar-refractivity contribution in [3.05, 3.63) is 71.5 Å². The van der Waals surface area contributed by atoms with Crippen LogP contribution in [0.15, 0.2) is 54.9 Å². The highest BCUT2D eigenvalue weighted by Gasteiger charge is 2.51. The largest absolute Gasteiger partial charge is 0.294 e. The Hall–Kier alpha value is -2.35. The summed E-state index contributed by atoms with van der Waals surface area (Å²) in [6.07, 6.45) is 5.79. The van der Waals surface area contributed by atoms with E-state index >= 15 is 0 Å². The molecular weight excluding hydrogens is 268 g/mol. The van der Waals surface area contributed by atoms with Gasteiger partial charge in [-0.15, -0.1) is 0 Å². The van der Waals surface area contributed by atoms with Crippen LogP contribution in [0.5, 0.6) is 0 Å². The summed E-state index contributed by atoms with van der Waals surface area (Å²) in [6.45, 7) is 4.40. The molecule has 2 nitrogen and oxygen atoms in total. The van der Waals surface area contributed by atoms with Crippen LogP contribution in [0.25, 0.3) is 17.1 Å². The van der Waals surface area contributed by atoms with E-state index in [4.69, 9.17) is 0 Å². The minimum Gasteiger partial charge on any atom is -0.226 e. The number of hydrogen-bond acceptors (Lipinski definition) is 0. The Kier molecular flexibility index (Phi) is 2.28. The van der Waals surface area contributed by atoms with E-state index < -0.39 is 0 Å². The van der Waals surface area contributed by atoms with Crippen molar-refractivity contribution in [3.8, 4) is 17.1 Å². The van der Waals surface area contributed by atoms with Gasteiger partial charge in [-0.25, -0.2) is 4.57 Å². The van der Waals surface area contributed by atoms with Crippen LogP contribution in [0.3, 0.4) is 0 Å². The first-order valence-corrected chi connectivity index (χ1v) is 8.04. The van der Waals surface area contributed by atoms with Crippen molar-refractivity contribution in [1.29, 1.82) is 0 Å². The topological polar surface area (TPSA) is 8.81 Å². The van der Waals surface area contributed by atoms with E-state index in [1.165, 1.54) is 40.2 Å². The number of fused-ring (bicyclic) bond motifs is 6. The normalized spacial score (nSPS) is 21.0. The quantitative estimate of drug-likeness (QED) is 0.596. The summed E-state index contributed by atoms with van der Waals surface area (Å²) in [5.74, 6) is 2.06. The molecule has 1 saturated carbocycles. The van der Waals surface area contributed by atoms with E-state index in [1.807, 2.05) is 0 Å². The third kappa shape index (κ3) is 1.47. The Labute approximate surface area is 130 Å². The molecule has 2 atom stereocenters. The Morgan fingerprint density at radius 2 is 1.77 bits per heavy atom. The SMILES string of the molecule is Cc1cccc(C)c1-n1cc[n+]2c1-c1ccccc1C1CC12. The van der Waals surface area contributed by atoms with Gasteiger partial charge in [0.25, 0.3) is 5.82 Å². The molecular formula is C20H19N2+. The smallest absolute Gasteiger partial charge is 0.226 e. The molecule has 2 heterocycles. The predicted octanol–water partition coefficient (Wildman–Crippen LogP) is 4.09.